The molecule has 0 bridgehead atoms. The first kappa shape index (κ1) is 12.8. The number of hydrogen-bond acceptors (Lipinski definition) is 3. The van der Waals surface area contributed by atoms with Gasteiger partial charge >= 0.3 is 0 Å². The number of nitrogens with two attached hydrogens (primary N) is 1. The van der Waals surface area contributed by atoms with Gasteiger partial charge in [-0.05, 0) is 42.5 Å². The molecule has 0 aromatic heterocycles. The van der Waals surface area contributed by atoms with E-state index in [2.05, 4.69) is 0 Å². The Hall–Kier alpha value is -1.22. The van der Waals surface area contributed by atoms with Gasteiger partial charge in [0.25, 0.3) is 0 Å². The highest BCUT2D eigenvalue weighted by molar-refractivity contribution is 5.48. The van der Waals surface area contributed by atoms with Crippen LogP contribution in [0, 0.1) is 0 Å². The quantitative estimate of drug-likeness (QED) is 0.689. The van der Waals surface area contributed by atoms with E-state index in [1.165, 1.54) is 0 Å². The van der Waals surface area contributed by atoms with Gasteiger partial charge in [0.2, 0.25) is 0 Å². The van der Waals surface area contributed by atoms with Crippen LogP contribution in [-0.4, -0.2) is 16.8 Å². The zero-order valence-electron chi connectivity index (χ0n) is 10.2. The number of aromatic hydroxyl groups is 2. The van der Waals surface area contributed by atoms with Crippen molar-refractivity contribution in [3.05, 3.63) is 23.3 Å². The summed E-state index contributed by atoms with van der Waals surface area (Å²) in [5, 5.41) is 19.8. The van der Waals surface area contributed by atoms with E-state index in [1.807, 2.05) is 20.8 Å². The molecule has 0 fully saturated rings. The molecule has 16 heavy (non-hydrogen) atoms. The molecule has 3 heteroatoms. The fourth-order valence-electron chi connectivity index (χ4n) is 1.73. The summed E-state index contributed by atoms with van der Waals surface area (Å²) in [4.78, 5) is 0. The number of phenolic OH excluding ortho intramolecular Hbond substituents is 2. The molecular formula is C13H21NO2. The van der Waals surface area contributed by atoms with Crippen LogP contribution in [0.5, 0.6) is 11.5 Å². The van der Waals surface area contributed by atoms with E-state index in [0.717, 1.165) is 17.5 Å². The largest absolute Gasteiger partial charge is 0.508 e. The van der Waals surface area contributed by atoms with E-state index < -0.39 is 0 Å². The molecule has 3 nitrogen and oxygen atoms in total. The lowest BCUT2D eigenvalue weighted by Gasteiger charge is -2.22. The second-order valence-electron chi connectivity index (χ2n) is 5.14. The van der Waals surface area contributed by atoms with Gasteiger partial charge in [-0.15, -0.1) is 0 Å². The Morgan fingerprint density at radius 2 is 1.81 bits per heavy atom. The van der Waals surface area contributed by atoms with Crippen LogP contribution in [-0.2, 0) is 11.8 Å². The highest BCUT2D eigenvalue weighted by Crippen LogP contribution is 2.36. The summed E-state index contributed by atoms with van der Waals surface area (Å²) in [7, 11) is 0. The Kier molecular flexibility index (Phi) is 3.81. The van der Waals surface area contributed by atoms with Gasteiger partial charge in [-0.25, -0.2) is 0 Å². The minimum Gasteiger partial charge on any atom is -0.508 e. The Labute approximate surface area is 96.9 Å². The smallest absolute Gasteiger partial charge is 0.122 e. The van der Waals surface area contributed by atoms with Crippen molar-refractivity contribution >= 4 is 0 Å². The second-order valence-corrected chi connectivity index (χ2v) is 5.14. The molecule has 0 aliphatic rings. The number of rotatable bonds is 3. The molecule has 0 saturated carbocycles. The van der Waals surface area contributed by atoms with Gasteiger partial charge in [-0.1, -0.05) is 20.8 Å². The van der Waals surface area contributed by atoms with E-state index in [-0.39, 0.29) is 11.2 Å². The lowest BCUT2D eigenvalue weighted by molar-refractivity contribution is 0.428. The van der Waals surface area contributed by atoms with E-state index >= 15 is 0 Å². The lowest BCUT2D eigenvalue weighted by Crippen LogP contribution is -2.12. The first-order valence-electron chi connectivity index (χ1n) is 5.61. The van der Waals surface area contributed by atoms with Crippen LogP contribution < -0.4 is 5.73 Å². The van der Waals surface area contributed by atoms with Crippen molar-refractivity contribution in [2.24, 2.45) is 5.73 Å². The Morgan fingerprint density at radius 1 is 1.19 bits per heavy atom. The van der Waals surface area contributed by atoms with Crippen molar-refractivity contribution in [2.45, 2.75) is 39.0 Å². The number of aryl methyl sites for hydroxylation is 1. The van der Waals surface area contributed by atoms with Gasteiger partial charge in [-0.2, -0.15) is 0 Å². The Balaban J connectivity index is 3.16. The Morgan fingerprint density at radius 3 is 2.31 bits per heavy atom. The van der Waals surface area contributed by atoms with Gasteiger partial charge in [-0.3, -0.25) is 0 Å². The maximum absolute atomic E-state index is 10.1. The summed E-state index contributed by atoms with van der Waals surface area (Å²) < 4.78 is 0. The molecule has 0 unspecified atom stereocenters. The summed E-state index contributed by atoms with van der Waals surface area (Å²) in [6, 6.07) is 3.24. The maximum Gasteiger partial charge on any atom is 0.122 e. The van der Waals surface area contributed by atoms with Crippen LogP contribution in [0.15, 0.2) is 12.1 Å². The summed E-state index contributed by atoms with van der Waals surface area (Å²) >= 11 is 0. The first-order chi connectivity index (χ1) is 7.36. The minimum absolute atomic E-state index is 0.180. The fourth-order valence-corrected chi connectivity index (χ4v) is 1.73. The van der Waals surface area contributed by atoms with Gasteiger partial charge in [0.15, 0.2) is 0 Å². The molecule has 0 amide bonds. The van der Waals surface area contributed by atoms with Gasteiger partial charge < -0.3 is 15.9 Å². The standard InChI is InChI=1S/C13H21NO2/c1-13(2,3)11-8-10(15)7-9(12(11)16)5-4-6-14/h7-8,15-16H,4-6,14H2,1-3H3. The number of hydrogen-bond donors (Lipinski definition) is 3. The van der Waals surface area contributed by atoms with E-state index in [9.17, 15) is 10.2 Å². The molecule has 1 aromatic rings. The van der Waals surface area contributed by atoms with Gasteiger partial charge in [0, 0.05) is 5.56 Å². The predicted octanol–water partition coefficient (Wildman–Crippen LogP) is 2.29. The molecule has 1 rings (SSSR count). The summed E-state index contributed by atoms with van der Waals surface area (Å²) in [5.74, 6) is 0.494. The SMILES string of the molecule is CC(C)(C)c1cc(O)cc(CCCN)c1O. The van der Waals surface area contributed by atoms with Gasteiger partial charge in [0.1, 0.15) is 11.5 Å². The van der Waals surface area contributed by atoms with Crippen LogP contribution in [0.4, 0.5) is 0 Å². The first-order valence-corrected chi connectivity index (χ1v) is 5.61. The molecule has 0 radical (unpaired) electrons. The van der Waals surface area contributed by atoms with Gasteiger partial charge in [0.05, 0.1) is 0 Å². The molecule has 0 heterocycles. The van der Waals surface area contributed by atoms with E-state index in [1.54, 1.807) is 12.1 Å². The van der Waals surface area contributed by atoms with Crippen LogP contribution in [0.1, 0.15) is 38.3 Å². The maximum atomic E-state index is 10.1. The third-order valence-corrected chi connectivity index (χ3v) is 2.63. The average molecular weight is 223 g/mol. The third-order valence-electron chi connectivity index (χ3n) is 2.63. The van der Waals surface area contributed by atoms with Crippen LogP contribution in [0.3, 0.4) is 0 Å². The van der Waals surface area contributed by atoms with Crippen molar-refractivity contribution in [3.63, 3.8) is 0 Å². The zero-order valence-corrected chi connectivity index (χ0v) is 10.2. The van der Waals surface area contributed by atoms with Crippen LogP contribution >= 0.6 is 0 Å². The second kappa shape index (κ2) is 4.74. The topological polar surface area (TPSA) is 66.5 Å². The molecule has 4 N–H and O–H groups in total. The molecule has 0 atom stereocenters. The number of phenols is 2. The zero-order chi connectivity index (χ0) is 12.3. The highest BCUT2D eigenvalue weighted by atomic mass is 16.3. The monoisotopic (exact) mass is 223 g/mol. The molecule has 0 saturated heterocycles. The molecule has 0 aliphatic carbocycles. The van der Waals surface area contributed by atoms with Crippen molar-refractivity contribution in [1.29, 1.82) is 0 Å². The minimum atomic E-state index is -0.180. The summed E-state index contributed by atoms with van der Waals surface area (Å²) in [6.07, 6.45) is 1.50. The van der Waals surface area contributed by atoms with Crippen LogP contribution in [0.2, 0.25) is 0 Å². The average Bonchev–Trinajstić information content (AvgIpc) is 2.17. The van der Waals surface area contributed by atoms with Crippen molar-refractivity contribution in [3.8, 4) is 11.5 Å². The molecule has 90 valence electrons. The van der Waals surface area contributed by atoms with E-state index in [4.69, 9.17) is 5.73 Å². The molecule has 0 spiro atoms. The summed E-state index contributed by atoms with van der Waals surface area (Å²) in [6.45, 7) is 6.61. The fraction of sp³-hybridized carbons (Fsp3) is 0.538. The van der Waals surface area contributed by atoms with E-state index in [0.29, 0.717) is 18.7 Å². The molecular weight excluding hydrogens is 202 g/mol. The van der Waals surface area contributed by atoms with Crippen molar-refractivity contribution < 1.29 is 10.2 Å². The lowest BCUT2D eigenvalue weighted by atomic mass is 9.84. The van der Waals surface area contributed by atoms with Crippen molar-refractivity contribution in [2.75, 3.05) is 6.54 Å². The number of benzene rings is 1. The van der Waals surface area contributed by atoms with Crippen LogP contribution in [0.25, 0.3) is 0 Å². The highest BCUT2D eigenvalue weighted by Gasteiger charge is 2.21. The predicted molar refractivity (Wildman–Crippen MR) is 65.8 cm³/mol. The molecule has 1 aromatic carbocycles. The Bertz CT molecular complexity index is 367. The van der Waals surface area contributed by atoms with Crippen molar-refractivity contribution in [1.82, 2.24) is 0 Å². The third kappa shape index (κ3) is 2.89. The molecule has 0 aliphatic heterocycles. The summed E-state index contributed by atoms with van der Waals surface area (Å²) in [5.41, 5.74) is 6.81. The normalized spacial score (nSPS) is 11.8.